The molecule has 9 heteroatoms. The molecule has 0 radical (unpaired) electrons. The van der Waals surface area contributed by atoms with E-state index in [1.54, 1.807) is 17.5 Å². The van der Waals surface area contributed by atoms with E-state index in [2.05, 4.69) is 14.9 Å². The third-order valence-corrected chi connectivity index (χ3v) is 8.48. The second-order valence-corrected chi connectivity index (χ2v) is 10.3. The molecule has 1 atom stereocenters. The van der Waals surface area contributed by atoms with Gasteiger partial charge in [0.05, 0.1) is 23.3 Å². The maximum Gasteiger partial charge on any atom is 0.252 e. The molecular formula is C20H24N4O3S2. The summed E-state index contributed by atoms with van der Waals surface area (Å²) in [5.41, 5.74) is 2.05. The summed E-state index contributed by atoms with van der Waals surface area (Å²) in [6, 6.07) is 11.3. The number of aryl methyl sites for hydroxylation is 1. The molecule has 1 amide bonds. The molecule has 0 bridgehead atoms. The number of rotatable bonds is 7. The zero-order valence-electron chi connectivity index (χ0n) is 16.0. The molecule has 2 aromatic heterocycles. The molecule has 1 aliphatic rings. The largest absolute Gasteiger partial charge is 0.356 e. The Morgan fingerprint density at radius 2 is 2.10 bits per heavy atom. The van der Waals surface area contributed by atoms with Gasteiger partial charge in [-0.3, -0.25) is 4.79 Å². The van der Waals surface area contributed by atoms with Crippen LogP contribution in [0.2, 0.25) is 0 Å². The van der Waals surface area contributed by atoms with E-state index in [9.17, 15) is 13.2 Å². The van der Waals surface area contributed by atoms with Gasteiger partial charge in [0.15, 0.2) is 0 Å². The highest BCUT2D eigenvalue weighted by Gasteiger charge is 2.33. The molecule has 29 heavy (non-hydrogen) atoms. The number of sulfonamides is 1. The minimum absolute atomic E-state index is 0.0634. The normalized spacial score (nSPS) is 18.1. The van der Waals surface area contributed by atoms with Crippen molar-refractivity contribution in [2.75, 3.05) is 19.6 Å². The minimum atomic E-state index is -3.50. The summed E-state index contributed by atoms with van der Waals surface area (Å²) >= 11 is 1.21. The Morgan fingerprint density at radius 3 is 2.93 bits per heavy atom. The van der Waals surface area contributed by atoms with Crippen LogP contribution >= 0.6 is 11.3 Å². The van der Waals surface area contributed by atoms with Crippen molar-refractivity contribution in [3.8, 4) is 0 Å². The number of imidazole rings is 1. The van der Waals surface area contributed by atoms with Crippen LogP contribution in [0.15, 0.2) is 52.3 Å². The zero-order valence-corrected chi connectivity index (χ0v) is 17.7. The van der Waals surface area contributed by atoms with Crippen molar-refractivity contribution in [1.29, 1.82) is 0 Å². The summed E-state index contributed by atoms with van der Waals surface area (Å²) in [6.07, 6.45) is 4.02. The molecule has 1 aromatic carbocycles. The van der Waals surface area contributed by atoms with Crippen LogP contribution in [0.25, 0.3) is 11.0 Å². The Kier molecular flexibility index (Phi) is 5.98. The van der Waals surface area contributed by atoms with Gasteiger partial charge >= 0.3 is 0 Å². The number of carbonyl (C=O) groups excluding carboxylic acids is 1. The molecular weight excluding hydrogens is 408 g/mol. The van der Waals surface area contributed by atoms with E-state index in [0.29, 0.717) is 30.1 Å². The number of hydrogen-bond donors (Lipinski definition) is 1. The SMILES string of the molecule is O=C(NCCCn1cnc2ccccc21)C1CCCN(S(=O)(=O)c2cccs2)C1. The van der Waals surface area contributed by atoms with E-state index in [0.717, 1.165) is 24.0 Å². The van der Waals surface area contributed by atoms with E-state index >= 15 is 0 Å². The number of para-hydroxylation sites is 2. The Morgan fingerprint density at radius 1 is 1.24 bits per heavy atom. The number of hydrogen-bond acceptors (Lipinski definition) is 5. The van der Waals surface area contributed by atoms with Crippen LogP contribution in [-0.4, -0.2) is 47.8 Å². The van der Waals surface area contributed by atoms with Gasteiger partial charge in [-0.25, -0.2) is 13.4 Å². The van der Waals surface area contributed by atoms with Gasteiger partial charge in [-0.05, 0) is 42.8 Å². The van der Waals surface area contributed by atoms with Crippen molar-refractivity contribution in [2.45, 2.75) is 30.0 Å². The lowest BCUT2D eigenvalue weighted by Gasteiger charge is -2.30. The van der Waals surface area contributed by atoms with Crippen LogP contribution < -0.4 is 5.32 Å². The highest BCUT2D eigenvalue weighted by atomic mass is 32.2. The second kappa shape index (κ2) is 8.64. The van der Waals surface area contributed by atoms with E-state index in [4.69, 9.17) is 0 Å². The van der Waals surface area contributed by atoms with E-state index in [-0.39, 0.29) is 18.4 Å². The van der Waals surface area contributed by atoms with E-state index in [1.807, 2.05) is 30.6 Å². The predicted octanol–water partition coefficient (Wildman–Crippen LogP) is 2.71. The van der Waals surface area contributed by atoms with E-state index in [1.165, 1.54) is 15.6 Å². The first-order valence-electron chi connectivity index (χ1n) is 9.77. The highest BCUT2D eigenvalue weighted by molar-refractivity contribution is 7.91. The van der Waals surface area contributed by atoms with Gasteiger partial charge in [0.2, 0.25) is 5.91 Å². The van der Waals surface area contributed by atoms with Crippen molar-refractivity contribution >= 4 is 38.3 Å². The number of fused-ring (bicyclic) bond motifs is 1. The number of benzene rings is 1. The molecule has 0 saturated carbocycles. The smallest absolute Gasteiger partial charge is 0.252 e. The Bertz CT molecular complexity index is 1080. The van der Waals surface area contributed by atoms with Gasteiger partial charge < -0.3 is 9.88 Å². The van der Waals surface area contributed by atoms with Gasteiger partial charge in [-0.15, -0.1) is 11.3 Å². The van der Waals surface area contributed by atoms with Crippen molar-refractivity contribution in [2.24, 2.45) is 5.92 Å². The maximum atomic E-state index is 12.7. The first-order chi connectivity index (χ1) is 14.1. The molecule has 154 valence electrons. The number of aromatic nitrogens is 2. The number of nitrogens with zero attached hydrogens (tertiary/aromatic N) is 3. The average Bonchev–Trinajstić information content (AvgIpc) is 3.42. The van der Waals surface area contributed by atoms with Crippen LogP contribution in [0.5, 0.6) is 0 Å². The molecule has 7 nitrogen and oxygen atoms in total. The summed E-state index contributed by atoms with van der Waals surface area (Å²) in [4.78, 5) is 17.0. The monoisotopic (exact) mass is 432 g/mol. The Labute approximate surface area is 174 Å². The van der Waals surface area contributed by atoms with Crippen LogP contribution in [0.3, 0.4) is 0 Å². The first-order valence-corrected chi connectivity index (χ1v) is 12.1. The fourth-order valence-corrected chi connectivity index (χ4v) is 6.37. The van der Waals surface area contributed by atoms with Crippen molar-refractivity contribution in [3.05, 3.63) is 48.1 Å². The molecule has 3 aromatic rings. The van der Waals surface area contributed by atoms with Gasteiger partial charge in [-0.1, -0.05) is 18.2 Å². The topological polar surface area (TPSA) is 84.3 Å². The molecule has 1 N–H and O–H groups in total. The number of nitrogens with one attached hydrogen (secondary N) is 1. The lowest BCUT2D eigenvalue weighted by molar-refractivity contribution is -0.126. The summed E-state index contributed by atoms with van der Waals surface area (Å²) < 4.78 is 29.3. The molecule has 1 fully saturated rings. The minimum Gasteiger partial charge on any atom is -0.356 e. The van der Waals surface area contributed by atoms with Crippen LogP contribution in [0.1, 0.15) is 19.3 Å². The highest BCUT2D eigenvalue weighted by Crippen LogP contribution is 2.26. The zero-order chi connectivity index (χ0) is 20.3. The number of carbonyl (C=O) groups is 1. The summed E-state index contributed by atoms with van der Waals surface area (Å²) in [7, 11) is -3.50. The van der Waals surface area contributed by atoms with Gasteiger partial charge in [0.25, 0.3) is 10.0 Å². The van der Waals surface area contributed by atoms with Crippen LogP contribution in [-0.2, 0) is 21.4 Å². The Hall–Kier alpha value is -2.23. The number of amides is 1. The molecule has 3 heterocycles. The molecule has 1 aliphatic heterocycles. The lowest BCUT2D eigenvalue weighted by atomic mass is 9.99. The number of thiophene rings is 1. The van der Waals surface area contributed by atoms with Crippen LogP contribution in [0.4, 0.5) is 0 Å². The number of piperidine rings is 1. The molecule has 0 spiro atoms. The maximum absolute atomic E-state index is 12.7. The summed E-state index contributed by atoms with van der Waals surface area (Å²) in [6.45, 7) is 2.04. The third-order valence-electron chi connectivity index (χ3n) is 5.25. The standard InChI is InChI=1S/C20H24N4O3S2/c25-20(21-10-5-11-23-15-22-17-7-1-2-8-18(17)23)16-6-3-12-24(14-16)29(26,27)19-9-4-13-28-19/h1-2,4,7-9,13,15-16H,3,5-6,10-12,14H2,(H,21,25). The van der Waals surface area contributed by atoms with Crippen molar-refractivity contribution < 1.29 is 13.2 Å². The van der Waals surface area contributed by atoms with Gasteiger partial charge in [-0.2, -0.15) is 4.31 Å². The first kappa shape index (κ1) is 20.1. The quantitative estimate of drug-likeness (QED) is 0.582. The van der Waals surface area contributed by atoms with Crippen LogP contribution in [0, 0.1) is 5.92 Å². The summed E-state index contributed by atoms with van der Waals surface area (Å²) in [5, 5.41) is 4.73. The second-order valence-electron chi connectivity index (χ2n) is 7.21. The predicted molar refractivity (Wildman–Crippen MR) is 113 cm³/mol. The van der Waals surface area contributed by atoms with Gasteiger partial charge in [0.1, 0.15) is 4.21 Å². The van der Waals surface area contributed by atoms with Crippen molar-refractivity contribution in [1.82, 2.24) is 19.2 Å². The molecule has 1 unspecified atom stereocenters. The molecule has 0 aliphatic carbocycles. The molecule has 1 saturated heterocycles. The van der Waals surface area contributed by atoms with Crippen molar-refractivity contribution in [3.63, 3.8) is 0 Å². The average molecular weight is 433 g/mol. The Balaban J connectivity index is 1.28. The molecule has 4 rings (SSSR count). The fraction of sp³-hybridized carbons (Fsp3) is 0.400. The van der Waals surface area contributed by atoms with Gasteiger partial charge in [0, 0.05) is 26.2 Å². The lowest BCUT2D eigenvalue weighted by Crippen LogP contribution is -2.45. The third kappa shape index (κ3) is 4.36. The fourth-order valence-electron chi connectivity index (χ4n) is 3.71. The van der Waals surface area contributed by atoms with E-state index < -0.39 is 10.0 Å². The summed E-state index contributed by atoms with van der Waals surface area (Å²) in [5.74, 6) is -0.362.